The van der Waals surface area contributed by atoms with E-state index in [2.05, 4.69) is 26.8 Å². The number of unbranched alkanes of at least 4 members (excludes halogenated alkanes) is 1. The SMILES string of the molecule is NC(=O)CCCCc1ccc(Cl)c(-c2nc(-c3ccc(C#CC4CC4)cn3)cc(=O)[nH]2)c1F. The predicted octanol–water partition coefficient (Wildman–Crippen LogP) is 4.25. The van der Waals surface area contributed by atoms with E-state index in [9.17, 15) is 9.59 Å². The molecule has 168 valence electrons. The molecule has 0 radical (unpaired) electrons. The van der Waals surface area contributed by atoms with E-state index < -0.39 is 11.4 Å². The van der Waals surface area contributed by atoms with E-state index in [1.54, 1.807) is 24.4 Å². The average Bonchev–Trinajstić information content (AvgIpc) is 3.61. The zero-order chi connectivity index (χ0) is 23.4. The molecule has 0 saturated heterocycles. The molecule has 6 nitrogen and oxygen atoms in total. The number of pyridine rings is 1. The van der Waals surface area contributed by atoms with Gasteiger partial charge in [0.15, 0.2) is 0 Å². The molecular formula is C25H22ClFN4O2. The van der Waals surface area contributed by atoms with E-state index in [0.29, 0.717) is 42.1 Å². The average molecular weight is 465 g/mol. The van der Waals surface area contributed by atoms with Crippen LogP contribution in [0.5, 0.6) is 0 Å². The summed E-state index contributed by atoms with van der Waals surface area (Å²) in [5, 5.41) is 0.132. The molecule has 1 amide bonds. The highest BCUT2D eigenvalue weighted by Gasteiger charge is 2.19. The summed E-state index contributed by atoms with van der Waals surface area (Å²) >= 11 is 6.28. The molecule has 0 aliphatic heterocycles. The molecule has 2 heterocycles. The Hall–Kier alpha value is -3.50. The van der Waals surface area contributed by atoms with Gasteiger partial charge >= 0.3 is 0 Å². The Balaban J connectivity index is 1.62. The van der Waals surface area contributed by atoms with Gasteiger partial charge in [0.25, 0.3) is 5.56 Å². The Morgan fingerprint density at radius 1 is 1.21 bits per heavy atom. The third-order valence-corrected chi connectivity index (χ3v) is 5.61. The number of halogens is 2. The van der Waals surface area contributed by atoms with Gasteiger partial charge in [-0.15, -0.1) is 0 Å². The quantitative estimate of drug-likeness (QED) is 0.403. The molecule has 1 saturated carbocycles. The second-order valence-corrected chi connectivity index (χ2v) is 8.43. The summed E-state index contributed by atoms with van der Waals surface area (Å²) in [6, 6.07) is 8.02. The number of aromatic amines is 1. The van der Waals surface area contributed by atoms with Crippen LogP contribution in [0.4, 0.5) is 4.39 Å². The number of hydrogen-bond acceptors (Lipinski definition) is 4. The lowest BCUT2D eigenvalue weighted by molar-refractivity contribution is -0.118. The number of nitrogens with two attached hydrogens (primary N) is 1. The van der Waals surface area contributed by atoms with Gasteiger partial charge in [0.1, 0.15) is 11.6 Å². The first-order valence-electron chi connectivity index (χ1n) is 10.8. The summed E-state index contributed by atoms with van der Waals surface area (Å²) in [6.45, 7) is 0. The Morgan fingerprint density at radius 3 is 2.73 bits per heavy atom. The summed E-state index contributed by atoms with van der Waals surface area (Å²) in [5.41, 5.74) is 6.71. The summed E-state index contributed by atoms with van der Waals surface area (Å²) in [4.78, 5) is 34.6. The monoisotopic (exact) mass is 464 g/mol. The minimum Gasteiger partial charge on any atom is -0.370 e. The first-order valence-corrected chi connectivity index (χ1v) is 11.1. The van der Waals surface area contributed by atoms with Gasteiger partial charge in [-0.2, -0.15) is 0 Å². The van der Waals surface area contributed by atoms with E-state index in [1.165, 1.54) is 6.07 Å². The van der Waals surface area contributed by atoms with Crippen molar-refractivity contribution in [2.75, 3.05) is 0 Å². The number of hydrogen-bond donors (Lipinski definition) is 2. The van der Waals surface area contributed by atoms with Gasteiger partial charge in [-0.1, -0.05) is 29.5 Å². The largest absolute Gasteiger partial charge is 0.370 e. The highest BCUT2D eigenvalue weighted by molar-refractivity contribution is 6.33. The number of amides is 1. The zero-order valence-corrected chi connectivity index (χ0v) is 18.6. The molecule has 33 heavy (non-hydrogen) atoms. The molecule has 8 heteroatoms. The van der Waals surface area contributed by atoms with Gasteiger partial charge in [0.05, 0.1) is 22.0 Å². The Kier molecular flexibility index (Phi) is 6.85. The molecule has 1 fully saturated rings. The van der Waals surface area contributed by atoms with Crippen LogP contribution >= 0.6 is 11.6 Å². The maximum absolute atomic E-state index is 15.3. The van der Waals surface area contributed by atoms with Crippen molar-refractivity contribution >= 4 is 17.5 Å². The van der Waals surface area contributed by atoms with E-state index in [4.69, 9.17) is 17.3 Å². The number of carbonyl (C=O) groups is 1. The fourth-order valence-corrected chi connectivity index (χ4v) is 3.60. The molecule has 1 aliphatic carbocycles. The first kappa shape index (κ1) is 22.7. The lowest BCUT2D eigenvalue weighted by Gasteiger charge is -2.11. The summed E-state index contributed by atoms with van der Waals surface area (Å²) in [7, 11) is 0. The fraction of sp³-hybridized carbons (Fsp3) is 0.280. The molecule has 0 bridgehead atoms. The smallest absolute Gasteiger partial charge is 0.251 e. The van der Waals surface area contributed by atoms with Crippen molar-refractivity contribution in [3.05, 3.63) is 68.8 Å². The van der Waals surface area contributed by atoms with Gasteiger partial charge in [-0.25, -0.2) is 9.37 Å². The van der Waals surface area contributed by atoms with Crippen molar-refractivity contribution in [2.24, 2.45) is 11.7 Å². The van der Waals surface area contributed by atoms with Crippen molar-refractivity contribution in [2.45, 2.75) is 38.5 Å². The first-order chi connectivity index (χ1) is 15.9. The van der Waals surface area contributed by atoms with Crippen molar-refractivity contribution in [3.8, 4) is 34.6 Å². The number of H-pyrrole nitrogens is 1. The van der Waals surface area contributed by atoms with Gasteiger partial charge in [-0.05, 0) is 55.9 Å². The van der Waals surface area contributed by atoms with Gasteiger partial charge in [0.2, 0.25) is 5.91 Å². The number of carbonyl (C=O) groups excluding carboxylic acids is 1. The molecular weight excluding hydrogens is 443 g/mol. The molecule has 3 N–H and O–H groups in total. The number of primary amides is 1. The van der Waals surface area contributed by atoms with E-state index in [1.807, 2.05) is 6.07 Å². The van der Waals surface area contributed by atoms with E-state index >= 15 is 4.39 Å². The molecule has 2 aromatic heterocycles. The highest BCUT2D eigenvalue weighted by atomic mass is 35.5. The van der Waals surface area contributed by atoms with Crippen LogP contribution in [0.1, 0.15) is 43.2 Å². The number of benzene rings is 1. The Labute approximate surface area is 195 Å². The van der Waals surface area contributed by atoms with Crippen LogP contribution in [0.25, 0.3) is 22.8 Å². The standard InChI is InChI=1S/C25H22ClFN4O2/c26-18-11-10-17(3-1-2-4-21(28)32)24(27)23(18)25-30-20(13-22(33)31-25)19-12-9-16(14-29-19)8-7-15-5-6-15/h9-15H,1-6H2,(H2,28,32)(H,30,31,33). The number of aromatic nitrogens is 3. The van der Waals surface area contributed by atoms with Gasteiger partial charge < -0.3 is 10.7 Å². The number of nitrogens with zero attached hydrogens (tertiary/aromatic N) is 2. The molecule has 1 aromatic carbocycles. The van der Waals surface area contributed by atoms with Crippen molar-refractivity contribution in [1.29, 1.82) is 0 Å². The summed E-state index contributed by atoms with van der Waals surface area (Å²) in [5.74, 6) is 5.83. The van der Waals surface area contributed by atoms with Crippen molar-refractivity contribution < 1.29 is 9.18 Å². The normalized spacial score (nSPS) is 12.8. The van der Waals surface area contributed by atoms with Crippen LogP contribution in [0.3, 0.4) is 0 Å². The minimum atomic E-state index is -0.555. The lowest BCUT2D eigenvalue weighted by atomic mass is 10.0. The number of nitrogens with one attached hydrogen (secondary N) is 1. The Morgan fingerprint density at radius 2 is 2.03 bits per heavy atom. The summed E-state index contributed by atoms with van der Waals surface area (Å²) in [6.07, 6.45) is 5.72. The van der Waals surface area contributed by atoms with Crippen LogP contribution in [-0.4, -0.2) is 20.9 Å². The highest BCUT2D eigenvalue weighted by Crippen LogP contribution is 2.31. The van der Waals surface area contributed by atoms with Crippen LogP contribution in [0.2, 0.25) is 5.02 Å². The fourth-order valence-electron chi connectivity index (χ4n) is 3.36. The third-order valence-electron chi connectivity index (χ3n) is 5.29. The molecule has 1 aliphatic rings. The number of rotatable bonds is 7. The van der Waals surface area contributed by atoms with Crippen molar-refractivity contribution in [1.82, 2.24) is 15.0 Å². The molecule has 3 aromatic rings. The third kappa shape index (κ3) is 5.85. The topological polar surface area (TPSA) is 102 Å². The Bertz CT molecular complexity index is 1300. The van der Waals surface area contributed by atoms with E-state index in [-0.39, 0.29) is 28.7 Å². The molecule has 4 rings (SSSR count). The molecule has 0 atom stereocenters. The van der Waals surface area contributed by atoms with Crippen LogP contribution in [-0.2, 0) is 11.2 Å². The second kappa shape index (κ2) is 9.97. The maximum Gasteiger partial charge on any atom is 0.251 e. The van der Waals surface area contributed by atoms with Crippen LogP contribution in [0, 0.1) is 23.6 Å². The van der Waals surface area contributed by atoms with Crippen LogP contribution in [0.15, 0.2) is 41.3 Å². The predicted molar refractivity (Wildman–Crippen MR) is 125 cm³/mol. The minimum absolute atomic E-state index is 0.0231. The van der Waals surface area contributed by atoms with Gasteiger partial charge in [0, 0.05) is 30.2 Å². The van der Waals surface area contributed by atoms with E-state index in [0.717, 1.165) is 18.4 Å². The zero-order valence-electron chi connectivity index (χ0n) is 17.8. The molecule has 0 spiro atoms. The van der Waals surface area contributed by atoms with Gasteiger partial charge in [-0.3, -0.25) is 14.6 Å². The molecule has 0 unspecified atom stereocenters. The lowest BCUT2D eigenvalue weighted by Crippen LogP contribution is -2.11. The maximum atomic E-state index is 15.3. The van der Waals surface area contributed by atoms with Crippen molar-refractivity contribution in [3.63, 3.8) is 0 Å². The number of aryl methyl sites for hydroxylation is 1. The van der Waals surface area contributed by atoms with Crippen LogP contribution < -0.4 is 11.3 Å². The second-order valence-electron chi connectivity index (χ2n) is 8.02. The summed E-state index contributed by atoms with van der Waals surface area (Å²) < 4.78 is 15.3.